The number of rotatable bonds is 3. The third-order valence-corrected chi connectivity index (χ3v) is 3.53. The number of nitrogens with one attached hydrogen (secondary N) is 2. The fraction of sp³-hybridized carbons (Fsp3) is 0.533. The van der Waals surface area contributed by atoms with Gasteiger partial charge in [-0.1, -0.05) is 29.8 Å². The number of aryl methyl sites for hydroxylation is 1. The van der Waals surface area contributed by atoms with E-state index in [0.717, 1.165) is 25.8 Å². The summed E-state index contributed by atoms with van der Waals surface area (Å²) < 4.78 is 0. The van der Waals surface area contributed by atoms with Gasteiger partial charge in [0.05, 0.1) is 6.04 Å². The summed E-state index contributed by atoms with van der Waals surface area (Å²) >= 11 is 0. The molecule has 2 atom stereocenters. The summed E-state index contributed by atoms with van der Waals surface area (Å²) in [5.41, 5.74) is 2.50. The van der Waals surface area contributed by atoms with Crippen molar-refractivity contribution in [3.05, 3.63) is 35.4 Å². The molecule has 0 bridgehead atoms. The third-order valence-electron chi connectivity index (χ3n) is 3.53. The second kappa shape index (κ2) is 6.01. The van der Waals surface area contributed by atoms with E-state index in [1.165, 1.54) is 11.1 Å². The molecule has 3 nitrogen and oxygen atoms in total. The molecular formula is C15H22N2O. The monoisotopic (exact) mass is 246 g/mol. The molecule has 1 fully saturated rings. The summed E-state index contributed by atoms with van der Waals surface area (Å²) in [5.74, 6) is 0.145. The van der Waals surface area contributed by atoms with Gasteiger partial charge in [-0.3, -0.25) is 10.1 Å². The largest absolute Gasteiger partial charge is 0.355 e. The topological polar surface area (TPSA) is 41.1 Å². The fourth-order valence-electron chi connectivity index (χ4n) is 2.44. The summed E-state index contributed by atoms with van der Waals surface area (Å²) in [6.07, 6.45) is 3.13. The van der Waals surface area contributed by atoms with E-state index >= 15 is 0 Å². The first-order valence-corrected chi connectivity index (χ1v) is 6.77. The van der Waals surface area contributed by atoms with Gasteiger partial charge in [0, 0.05) is 12.6 Å². The van der Waals surface area contributed by atoms with Crippen molar-refractivity contribution < 1.29 is 4.79 Å². The molecule has 0 aliphatic carbocycles. The first-order valence-electron chi connectivity index (χ1n) is 6.77. The van der Waals surface area contributed by atoms with Crippen molar-refractivity contribution in [1.82, 2.24) is 10.6 Å². The predicted molar refractivity (Wildman–Crippen MR) is 73.4 cm³/mol. The molecule has 0 saturated carbocycles. The SMILES string of the molecule is Cc1cccc([C@H](C)NC2CCCCNC2=O)c1. The number of benzene rings is 1. The summed E-state index contributed by atoms with van der Waals surface area (Å²) in [4.78, 5) is 11.9. The summed E-state index contributed by atoms with van der Waals surface area (Å²) in [6, 6.07) is 8.60. The number of hydrogen-bond acceptors (Lipinski definition) is 2. The van der Waals surface area contributed by atoms with E-state index in [1.807, 2.05) is 0 Å². The van der Waals surface area contributed by atoms with Crippen molar-refractivity contribution in [1.29, 1.82) is 0 Å². The Kier molecular flexibility index (Phi) is 4.37. The quantitative estimate of drug-likeness (QED) is 0.859. The Morgan fingerprint density at radius 2 is 2.22 bits per heavy atom. The molecule has 98 valence electrons. The van der Waals surface area contributed by atoms with Gasteiger partial charge in [0.1, 0.15) is 0 Å². The van der Waals surface area contributed by atoms with Crippen LogP contribution in [0.25, 0.3) is 0 Å². The molecule has 1 unspecified atom stereocenters. The molecule has 1 aromatic carbocycles. The van der Waals surface area contributed by atoms with Crippen molar-refractivity contribution >= 4 is 5.91 Å². The van der Waals surface area contributed by atoms with Crippen LogP contribution >= 0.6 is 0 Å². The van der Waals surface area contributed by atoms with Crippen molar-refractivity contribution in [3.63, 3.8) is 0 Å². The molecule has 0 spiro atoms. The summed E-state index contributed by atoms with van der Waals surface area (Å²) in [5, 5.41) is 6.40. The molecule has 0 radical (unpaired) electrons. The maximum Gasteiger partial charge on any atom is 0.237 e. The highest BCUT2D eigenvalue weighted by molar-refractivity contribution is 5.81. The van der Waals surface area contributed by atoms with Crippen LogP contribution in [0.4, 0.5) is 0 Å². The lowest BCUT2D eigenvalue weighted by atomic mass is 10.0. The predicted octanol–water partition coefficient (Wildman–Crippen LogP) is 2.31. The molecule has 1 saturated heterocycles. The van der Waals surface area contributed by atoms with E-state index < -0.39 is 0 Å². The Morgan fingerprint density at radius 1 is 1.39 bits per heavy atom. The average Bonchev–Trinajstić information content (AvgIpc) is 2.55. The van der Waals surface area contributed by atoms with Crippen molar-refractivity contribution in [2.24, 2.45) is 0 Å². The minimum Gasteiger partial charge on any atom is -0.355 e. The smallest absolute Gasteiger partial charge is 0.237 e. The van der Waals surface area contributed by atoms with Crippen molar-refractivity contribution in [2.45, 2.75) is 45.2 Å². The van der Waals surface area contributed by atoms with E-state index in [-0.39, 0.29) is 18.0 Å². The standard InChI is InChI=1S/C15H22N2O/c1-11-6-5-7-13(10-11)12(2)17-14-8-3-4-9-16-15(14)18/h5-7,10,12,14,17H,3-4,8-9H2,1-2H3,(H,16,18)/t12-,14?/m0/s1. The van der Waals surface area contributed by atoms with Crippen molar-refractivity contribution in [2.75, 3.05) is 6.54 Å². The first kappa shape index (κ1) is 13.1. The van der Waals surface area contributed by atoms with Gasteiger partial charge in [-0.2, -0.15) is 0 Å². The van der Waals surface area contributed by atoms with Gasteiger partial charge in [0.25, 0.3) is 0 Å². The Bertz CT molecular complexity index is 417. The van der Waals surface area contributed by atoms with E-state index in [2.05, 4.69) is 48.7 Å². The maximum absolute atomic E-state index is 11.9. The van der Waals surface area contributed by atoms with E-state index in [1.54, 1.807) is 0 Å². The van der Waals surface area contributed by atoms with Gasteiger partial charge in [-0.05, 0) is 38.7 Å². The lowest BCUT2D eigenvalue weighted by Gasteiger charge is -2.21. The molecule has 0 aromatic heterocycles. The first-order chi connectivity index (χ1) is 8.66. The second-order valence-corrected chi connectivity index (χ2v) is 5.14. The molecule has 2 N–H and O–H groups in total. The number of carbonyl (C=O) groups is 1. The Balaban J connectivity index is 2.01. The second-order valence-electron chi connectivity index (χ2n) is 5.14. The van der Waals surface area contributed by atoms with Crippen LogP contribution in [0, 0.1) is 6.92 Å². The van der Waals surface area contributed by atoms with Crippen LogP contribution in [0.5, 0.6) is 0 Å². The molecule has 1 heterocycles. The number of hydrogen-bond donors (Lipinski definition) is 2. The summed E-state index contributed by atoms with van der Waals surface area (Å²) in [6.45, 7) is 5.03. The van der Waals surface area contributed by atoms with E-state index in [4.69, 9.17) is 0 Å². The van der Waals surface area contributed by atoms with Gasteiger partial charge in [-0.15, -0.1) is 0 Å². The van der Waals surface area contributed by atoms with Crippen LogP contribution in [0.3, 0.4) is 0 Å². The fourth-order valence-corrected chi connectivity index (χ4v) is 2.44. The van der Waals surface area contributed by atoms with Crippen LogP contribution in [-0.2, 0) is 4.79 Å². The lowest BCUT2D eigenvalue weighted by Crippen LogP contribution is -2.43. The third kappa shape index (κ3) is 3.33. The number of amides is 1. The highest BCUT2D eigenvalue weighted by Crippen LogP contribution is 2.16. The average molecular weight is 246 g/mol. The van der Waals surface area contributed by atoms with Gasteiger partial charge < -0.3 is 5.32 Å². The number of carbonyl (C=O) groups excluding carboxylic acids is 1. The molecule has 18 heavy (non-hydrogen) atoms. The molecule has 1 aromatic rings. The minimum atomic E-state index is -0.0528. The van der Waals surface area contributed by atoms with Gasteiger partial charge in [0.2, 0.25) is 5.91 Å². The highest BCUT2D eigenvalue weighted by atomic mass is 16.2. The molecule has 2 rings (SSSR count). The van der Waals surface area contributed by atoms with Crippen LogP contribution in [0.15, 0.2) is 24.3 Å². The molecule has 1 amide bonds. The Hall–Kier alpha value is -1.35. The van der Waals surface area contributed by atoms with Gasteiger partial charge in [0.15, 0.2) is 0 Å². The molecule has 3 heteroatoms. The van der Waals surface area contributed by atoms with Gasteiger partial charge >= 0.3 is 0 Å². The zero-order valence-corrected chi connectivity index (χ0v) is 11.2. The van der Waals surface area contributed by atoms with E-state index in [9.17, 15) is 4.79 Å². The van der Waals surface area contributed by atoms with Crippen LogP contribution < -0.4 is 10.6 Å². The molecule has 1 aliphatic heterocycles. The zero-order valence-electron chi connectivity index (χ0n) is 11.2. The lowest BCUT2D eigenvalue weighted by molar-refractivity contribution is -0.123. The molecule has 1 aliphatic rings. The van der Waals surface area contributed by atoms with E-state index in [0.29, 0.717) is 0 Å². The zero-order chi connectivity index (χ0) is 13.0. The highest BCUT2D eigenvalue weighted by Gasteiger charge is 2.22. The van der Waals surface area contributed by atoms with Crippen molar-refractivity contribution in [3.8, 4) is 0 Å². The minimum absolute atomic E-state index is 0.0528. The Morgan fingerprint density at radius 3 is 3.00 bits per heavy atom. The normalized spacial score (nSPS) is 22.1. The molecular weight excluding hydrogens is 224 g/mol. The van der Waals surface area contributed by atoms with Crippen LogP contribution in [0.2, 0.25) is 0 Å². The Labute approximate surface area is 109 Å². The maximum atomic E-state index is 11.9. The van der Waals surface area contributed by atoms with Crippen LogP contribution in [-0.4, -0.2) is 18.5 Å². The van der Waals surface area contributed by atoms with Crippen LogP contribution in [0.1, 0.15) is 43.4 Å². The van der Waals surface area contributed by atoms with Gasteiger partial charge in [-0.25, -0.2) is 0 Å². The summed E-state index contributed by atoms with van der Waals surface area (Å²) in [7, 11) is 0.